The molecule has 0 aromatic carbocycles. The number of rotatable bonds is 7. The zero-order valence-corrected chi connectivity index (χ0v) is 12.4. The predicted molar refractivity (Wildman–Crippen MR) is 74.2 cm³/mol. The third kappa shape index (κ3) is 6.74. The van der Waals surface area contributed by atoms with Gasteiger partial charge >= 0.3 is 12.0 Å². The molecule has 0 heterocycles. The molecule has 1 aliphatic carbocycles. The van der Waals surface area contributed by atoms with Gasteiger partial charge in [-0.3, -0.25) is 0 Å². The molecule has 2 amide bonds. The summed E-state index contributed by atoms with van der Waals surface area (Å²) in [6.07, 6.45) is 5.39. The molecule has 1 unspecified atom stereocenters. The van der Waals surface area contributed by atoms with Crippen molar-refractivity contribution in [2.24, 2.45) is 5.92 Å². The zero-order valence-electron chi connectivity index (χ0n) is 11.6. The Morgan fingerprint density at radius 2 is 1.90 bits per heavy atom. The van der Waals surface area contributed by atoms with Crippen LogP contribution in [0.15, 0.2) is 0 Å². The van der Waals surface area contributed by atoms with E-state index in [0.717, 1.165) is 19.1 Å². The molecule has 0 saturated heterocycles. The summed E-state index contributed by atoms with van der Waals surface area (Å²) in [4.78, 5) is 22.6. The first-order valence-corrected chi connectivity index (χ1v) is 8.79. The van der Waals surface area contributed by atoms with E-state index in [1.54, 1.807) is 0 Å². The molecule has 3 N–H and O–H groups in total. The predicted octanol–water partition coefficient (Wildman–Crippen LogP) is 0.364. The van der Waals surface area contributed by atoms with Crippen molar-refractivity contribution in [2.45, 2.75) is 38.1 Å². The van der Waals surface area contributed by atoms with Gasteiger partial charge < -0.3 is 15.7 Å². The molecule has 0 aromatic heterocycles. The fourth-order valence-corrected chi connectivity index (χ4v) is 2.91. The molecular formula is C12H22N2O5S. The summed E-state index contributed by atoms with van der Waals surface area (Å²) < 4.78 is 22.0. The lowest BCUT2D eigenvalue weighted by atomic mass is 10.1. The highest BCUT2D eigenvalue weighted by Crippen LogP contribution is 2.23. The third-order valence-corrected chi connectivity index (χ3v) is 4.38. The number of carbonyl (C=O) groups excluding carboxylic acids is 1. The minimum atomic E-state index is -3.25. The lowest BCUT2D eigenvalue weighted by Crippen LogP contribution is -2.47. The first-order valence-electron chi connectivity index (χ1n) is 6.73. The molecular weight excluding hydrogens is 284 g/mol. The molecule has 7 nitrogen and oxygen atoms in total. The van der Waals surface area contributed by atoms with Crippen molar-refractivity contribution in [3.05, 3.63) is 0 Å². The van der Waals surface area contributed by atoms with Crippen molar-refractivity contribution in [1.82, 2.24) is 10.6 Å². The second kappa shape index (κ2) is 7.47. The van der Waals surface area contributed by atoms with Gasteiger partial charge in [0.05, 0.1) is 5.75 Å². The van der Waals surface area contributed by atoms with Gasteiger partial charge in [-0.05, 0) is 25.2 Å². The number of carboxylic acid groups (broad SMARTS) is 1. The number of hydrogen-bond donors (Lipinski definition) is 3. The summed E-state index contributed by atoms with van der Waals surface area (Å²) >= 11 is 0. The van der Waals surface area contributed by atoms with Crippen LogP contribution in [0.4, 0.5) is 4.79 Å². The molecule has 1 aliphatic rings. The van der Waals surface area contributed by atoms with Crippen LogP contribution in [0.25, 0.3) is 0 Å². The van der Waals surface area contributed by atoms with Gasteiger partial charge in [0.15, 0.2) is 0 Å². The van der Waals surface area contributed by atoms with Crippen LogP contribution in [0.2, 0.25) is 0 Å². The Hall–Kier alpha value is -1.31. The molecule has 8 heteroatoms. The van der Waals surface area contributed by atoms with Crippen LogP contribution in [0, 0.1) is 5.92 Å². The van der Waals surface area contributed by atoms with Crippen LogP contribution in [-0.2, 0) is 14.6 Å². The lowest BCUT2D eigenvalue weighted by molar-refractivity contribution is -0.139. The number of urea groups is 1. The lowest BCUT2D eigenvalue weighted by Gasteiger charge is -2.16. The third-order valence-electron chi connectivity index (χ3n) is 3.41. The van der Waals surface area contributed by atoms with E-state index >= 15 is 0 Å². The van der Waals surface area contributed by atoms with E-state index in [4.69, 9.17) is 5.11 Å². The molecule has 0 aliphatic heterocycles. The summed E-state index contributed by atoms with van der Waals surface area (Å²) in [5.74, 6) is -1.04. The maximum atomic E-state index is 11.6. The maximum absolute atomic E-state index is 11.6. The van der Waals surface area contributed by atoms with Gasteiger partial charge in [0, 0.05) is 12.8 Å². The van der Waals surface area contributed by atoms with Crippen molar-refractivity contribution in [1.29, 1.82) is 0 Å². The molecule has 0 aromatic rings. The van der Waals surface area contributed by atoms with E-state index in [1.165, 1.54) is 12.8 Å². The Labute approximate surface area is 119 Å². The van der Waals surface area contributed by atoms with Crippen LogP contribution in [-0.4, -0.2) is 50.1 Å². The smallest absolute Gasteiger partial charge is 0.326 e. The highest BCUT2D eigenvalue weighted by Gasteiger charge is 2.22. The van der Waals surface area contributed by atoms with Crippen LogP contribution < -0.4 is 10.6 Å². The molecule has 0 spiro atoms. The molecule has 1 fully saturated rings. The summed E-state index contributed by atoms with van der Waals surface area (Å²) in [5, 5.41) is 13.9. The van der Waals surface area contributed by atoms with Crippen LogP contribution in [0.1, 0.15) is 32.1 Å². The molecule has 116 valence electrons. The van der Waals surface area contributed by atoms with Gasteiger partial charge in [-0.1, -0.05) is 12.8 Å². The quantitative estimate of drug-likeness (QED) is 0.629. The number of hydrogen-bond acceptors (Lipinski definition) is 4. The normalized spacial score (nSPS) is 17.6. The number of carbonyl (C=O) groups is 2. The SMILES string of the molecule is CS(=O)(=O)CCC(NC(=O)NCC1CCCC1)C(=O)O. The maximum Gasteiger partial charge on any atom is 0.326 e. The Kier molecular flexibility index (Phi) is 6.25. The molecule has 0 bridgehead atoms. The average Bonchev–Trinajstić information content (AvgIpc) is 2.83. The van der Waals surface area contributed by atoms with E-state index in [9.17, 15) is 18.0 Å². The van der Waals surface area contributed by atoms with E-state index in [2.05, 4.69) is 10.6 Å². The van der Waals surface area contributed by atoms with Crippen LogP contribution in [0.3, 0.4) is 0 Å². The van der Waals surface area contributed by atoms with Crippen molar-refractivity contribution in [2.75, 3.05) is 18.6 Å². The second-order valence-electron chi connectivity index (χ2n) is 5.31. The van der Waals surface area contributed by atoms with Crippen LogP contribution >= 0.6 is 0 Å². The monoisotopic (exact) mass is 306 g/mol. The number of nitrogens with one attached hydrogen (secondary N) is 2. The van der Waals surface area contributed by atoms with Crippen molar-refractivity contribution >= 4 is 21.8 Å². The van der Waals surface area contributed by atoms with Gasteiger partial charge in [0.1, 0.15) is 15.9 Å². The Morgan fingerprint density at radius 1 is 1.30 bits per heavy atom. The topological polar surface area (TPSA) is 113 Å². The number of sulfone groups is 1. The van der Waals surface area contributed by atoms with E-state index in [0.29, 0.717) is 12.5 Å². The Bertz CT molecular complexity index is 443. The minimum Gasteiger partial charge on any atom is -0.480 e. The molecule has 1 rings (SSSR count). The summed E-state index contributed by atoms with van der Waals surface area (Å²) in [7, 11) is -3.25. The summed E-state index contributed by atoms with van der Waals surface area (Å²) in [6, 6.07) is -1.74. The van der Waals surface area contributed by atoms with Crippen LogP contribution in [0.5, 0.6) is 0 Å². The van der Waals surface area contributed by atoms with E-state index < -0.39 is 27.9 Å². The van der Waals surface area contributed by atoms with Crippen molar-refractivity contribution in [3.63, 3.8) is 0 Å². The number of carboxylic acids is 1. The standard InChI is InChI=1S/C12H22N2O5S/c1-20(18,19)7-6-10(11(15)16)14-12(17)13-8-9-4-2-3-5-9/h9-10H,2-8H2,1H3,(H,15,16)(H2,13,14,17). The van der Waals surface area contributed by atoms with Crippen molar-refractivity contribution < 1.29 is 23.1 Å². The molecule has 1 saturated carbocycles. The first-order chi connectivity index (χ1) is 9.28. The van der Waals surface area contributed by atoms with Gasteiger partial charge in [-0.15, -0.1) is 0 Å². The number of amides is 2. The van der Waals surface area contributed by atoms with E-state index in [-0.39, 0.29) is 12.2 Å². The molecule has 1 atom stereocenters. The number of aliphatic carboxylic acids is 1. The van der Waals surface area contributed by atoms with Gasteiger partial charge in [0.2, 0.25) is 0 Å². The zero-order chi connectivity index (χ0) is 15.2. The fraction of sp³-hybridized carbons (Fsp3) is 0.833. The Morgan fingerprint density at radius 3 is 2.40 bits per heavy atom. The second-order valence-corrected chi connectivity index (χ2v) is 7.57. The highest BCUT2D eigenvalue weighted by atomic mass is 32.2. The summed E-state index contributed by atoms with van der Waals surface area (Å²) in [5.41, 5.74) is 0. The Balaban J connectivity index is 2.36. The van der Waals surface area contributed by atoms with E-state index in [1.807, 2.05) is 0 Å². The first kappa shape index (κ1) is 16.7. The summed E-state index contributed by atoms with van der Waals surface area (Å²) in [6.45, 7) is 0.532. The molecule has 0 radical (unpaired) electrons. The largest absolute Gasteiger partial charge is 0.480 e. The average molecular weight is 306 g/mol. The minimum absolute atomic E-state index is 0.134. The fourth-order valence-electron chi connectivity index (χ4n) is 2.25. The van der Waals surface area contributed by atoms with Gasteiger partial charge in [0.25, 0.3) is 0 Å². The molecule has 20 heavy (non-hydrogen) atoms. The van der Waals surface area contributed by atoms with Crippen molar-refractivity contribution in [3.8, 4) is 0 Å². The highest BCUT2D eigenvalue weighted by molar-refractivity contribution is 7.90. The van der Waals surface area contributed by atoms with Gasteiger partial charge in [-0.2, -0.15) is 0 Å². The van der Waals surface area contributed by atoms with Gasteiger partial charge in [-0.25, -0.2) is 18.0 Å².